The van der Waals surface area contributed by atoms with Gasteiger partial charge >= 0.3 is 0 Å². The summed E-state index contributed by atoms with van der Waals surface area (Å²) in [7, 11) is -3.50. The van der Waals surface area contributed by atoms with Crippen LogP contribution < -0.4 is 0 Å². The van der Waals surface area contributed by atoms with Crippen LogP contribution in [-0.2, 0) is 35.7 Å². The Morgan fingerprint density at radius 3 is 2.34 bits per heavy atom. The molecule has 0 unspecified atom stereocenters. The van der Waals surface area contributed by atoms with Crippen LogP contribution in [0.2, 0.25) is 0 Å². The molecule has 0 N–H and O–H groups in total. The van der Waals surface area contributed by atoms with Gasteiger partial charge < -0.3 is 4.90 Å². The fraction of sp³-hybridized carbons (Fsp3) is 0.500. The Bertz CT molecular complexity index is 1030. The summed E-state index contributed by atoms with van der Waals surface area (Å²) in [5.41, 5.74) is 3.78. The molecule has 5 rings (SSSR count). The van der Waals surface area contributed by atoms with Crippen LogP contribution in [0.1, 0.15) is 50.5 Å². The number of nitrogens with zero attached hydrogens (tertiary/aromatic N) is 2. The molecule has 0 bridgehead atoms. The minimum atomic E-state index is -3.50. The van der Waals surface area contributed by atoms with Crippen LogP contribution >= 0.6 is 11.3 Å². The van der Waals surface area contributed by atoms with Crippen molar-refractivity contribution in [3.8, 4) is 0 Å². The van der Waals surface area contributed by atoms with E-state index in [1.54, 1.807) is 17.4 Å². The van der Waals surface area contributed by atoms with Crippen molar-refractivity contribution in [3.05, 3.63) is 50.7 Å². The van der Waals surface area contributed by atoms with Crippen molar-refractivity contribution >= 4 is 27.3 Å². The van der Waals surface area contributed by atoms with Crippen LogP contribution in [0, 0.1) is 0 Å². The predicted molar refractivity (Wildman–Crippen MR) is 114 cm³/mol. The Morgan fingerprint density at radius 1 is 0.828 bits per heavy atom. The zero-order valence-electron chi connectivity index (χ0n) is 16.5. The molecule has 1 aromatic carbocycles. The maximum Gasteiger partial charge on any atom is 0.264 e. The van der Waals surface area contributed by atoms with E-state index in [4.69, 9.17) is 0 Å². The summed E-state index contributed by atoms with van der Waals surface area (Å²) < 4.78 is 27.7. The van der Waals surface area contributed by atoms with E-state index in [9.17, 15) is 13.2 Å². The van der Waals surface area contributed by atoms with Crippen molar-refractivity contribution < 1.29 is 13.2 Å². The SMILES string of the molecule is O=C(c1cc2c(s1)CCCC2)N1CCN(S(=O)(=O)c2ccc3c(c2)CCC3)CC1. The minimum absolute atomic E-state index is 0.0546. The lowest BCUT2D eigenvalue weighted by molar-refractivity contribution is 0.0702. The van der Waals surface area contributed by atoms with E-state index < -0.39 is 10.0 Å². The maximum atomic E-state index is 13.1. The van der Waals surface area contributed by atoms with Gasteiger partial charge in [0.2, 0.25) is 10.0 Å². The fourth-order valence-electron chi connectivity index (χ4n) is 4.74. The molecule has 1 aromatic heterocycles. The van der Waals surface area contributed by atoms with Gasteiger partial charge in [0.25, 0.3) is 5.91 Å². The Balaban J connectivity index is 1.27. The highest BCUT2D eigenvalue weighted by atomic mass is 32.2. The Kier molecular flexibility index (Phi) is 5.00. The van der Waals surface area contributed by atoms with Gasteiger partial charge in [0, 0.05) is 31.1 Å². The first-order valence-corrected chi connectivity index (χ1v) is 12.8. The third-order valence-electron chi connectivity index (χ3n) is 6.44. The highest BCUT2D eigenvalue weighted by Gasteiger charge is 2.32. The van der Waals surface area contributed by atoms with Crippen molar-refractivity contribution in [2.45, 2.75) is 49.8 Å². The van der Waals surface area contributed by atoms with E-state index in [-0.39, 0.29) is 5.91 Å². The predicted octanol–water partition coefficient (Wildman–Crippen LogP) is 3.26. The fourth-order valence-corrected chi connectivity index (χ4v) is 7.44. The van der Waals surface area contributed by atoms with Gasteiger partial charge in [-0.25, -0.2) is 8.42 Å². The molecule has 5 nitrogen and oxygen atoms in total. The molecular weight excluding hydrogens is 404 g/mol. The number of sulfonamides is 1. The van der Waals surface area contributed by atoms with Gasteiger partial charge in [-0.2, -0.15) is 4.31 Å². The minimum Gasteiger partial charge on any atom is -0.335 e. The molecule has 154 valence electrons. The average molecular weight is 431 g/mol. The first-order valence-electron chi connectivity index (χ1n) is 10.6. The first kappa shape index (κ1) is 19.3. The molecule has 2 aliphatic carbocycles. The summed E-state index contributed by atoms with van der Waals surface area (Å²) in [6, 6.07) is 7.63. The lowest BCUT2D eigenvalue weighted by Crippen LogP contribution is -2.50. The van der Waals surface area contributed by atoms with Crippen LogP contribution in [0.5, 0.6) is 0 Å². The molecule has 7 heteroatoms. The quantitative estimate of drug-likeness (QED) is 0.751. The number of hydrogen-bond donors (Lipinski definition) is 0. The molecule has 0 spiro atoms. The van der Waals surface area contributed by atoms with Crippen LogP contribution in [0.25, 0.3) is 0 Å². The van der Waals surface area contributed by atoms with Gasteiger partial charge in [0.15, 0.2) is 0 Å². The number of benzene rings is 1. The third-order valence-corrected chi connectivity index (χ3v) is 9.56. The Labute approximate surface area is 176 Å². The number of thiophene rings is 1. The zero-order chi connectivity index (χ0) is 20.0. The largest absolute Gasteiger partial charge is 0.335 e. The van der Waals surface area contributed by atoms with Crippen molar-refractivity contribution in [2.75, 3.05) is 26.2 Å². The molecule has 0 saturated carbocycles. The zero-order valence-corrected chi connectivity index (χ0v) is 18.2. The van der Waals surface area contributed by atoms with E-state index in [1.807, 2.05) is 17.0 Å². The highest BCUT2D eigenvalue weighted by molar-refractivity contribution is 7.89. The van der Waals surface area contributed by atoms with Crippen molar-refractivity contribution in [1.82, 2.24) is 9.21 Å². The number of amides is 1. The van der Waals surface area contributed by atoms with E-state index >= 15 is 0 Å². The van der Waals surface area contributed by atoms with E-state index in [1.165, 1.54) is 38.7 Å². The van der Waals surface area contributed by atoms with Crippen LogP contribution in [-0.4, -0.2) is 49.7 Å². The third kappa shape index (κ3) is 3.53. The standard InChI is InChI=1S/C22H26N2O3S2/c25-22(21-15-18-4-1-2-7-20(18)28-21)23-10-12-24(13-11-23)29(26,27)19-9-8-16-5-3-6-17(16)14-19/h8-9,14-15H,1-7,10-13H2. The van der Waals surface area contributed by atoms with Crippen LogP contribution in [0.3, 0.4) is 0 Å². The molecule has 1 aliphatic heterocycles. The van der Waals surface area contributed by atoms with E-state index in [0.29, 0.717) is 31.1 Å². The number of aryl methyl sites for hydroxylation is 4. The number of hydrogen-bond acceptors (Lipinski definition) is 4. The van der Waals surface area contributed by atoms with Crippen molar-refractivity contribution in [1.29, 1.82) is 0 Å². The van der Waals surface area contributed by atoms with E-state index in [0.717, 1.165) is 37.0 Å². The lowest BCUT2D eigenvalue weighted by Gasteiger charge is -2.33. The molecule has 0 radical (unpaired) electrons. The number of carbonyl (C=O) groups excluding carboxylic acids is 1. The second-order valence-corrected chi connectivity index (χ2v) is 11.3. The highest BCUT2D eigenvalue weighted by Crippen LogP contribution is 2.31. The second kappa shape index (κ2) is 7.52. The number of carbonyl (C=O) groups is 1. The van der Waals surface area contributed by atoms with Crippen LogP contribution in [0.15, 0.2) is 29.2 Å². The van der Waals surface area contributed by atoms with Gasteiger partial charge in [0.05, 0.1) is 9.77 Å². The summed E-state index contributed by atoms with van der Waals surface area (Å²) in [5.74, 6) is 0.0546. The second-order valence-electron chi connectivity index (χ2n) is 8.25. The van der Waals surface area contributed by atoms with Gasteiger partial charge in [0.1, 0.15) is 0 Å². The van der Waals surface area contributed by atoms with E-state index in [2.05, 4.69) is 6.07 Å². The molecule has 1 fully saturated rings. The molecular formula is C22H26N2O3S2. The molecule has 29 heavy (non-hydrogen) atoms. The topological polar surface area (TPSA) is 57.7 Å². The van der Waals surface area contributed by atoms with Gasteiger partial charge in [-0.15, -0.1) is 11.3 Å². The van der Waals surface area contributed by atoms with Crippen molar-refractivity contribution in [3.63, 3.8) is 0 Å². The molecule has 1 saturated heterocycles. The van der Waals surface area contributed by atoms with Crippen LogP contribution in [0.4, 0.5) is 0 Å². The normalized spacial score (nSPS) is 19.8. The monoisotopic (exact) mass is 430 g/mol. The lowest BCUT2D eigenvalue weighted by atomic mass is 9.99. The smallest absolute Gasteiger partial charge is 0.264 e. The van der Waals surface area contributed by atoms with Gasteiger partial charge in [-0.1, -0.05) is 6.07 Å². The summed E-state index contributed by atoms with van der Waals surface area (Å²) in [4.78, 5) is 17.3. The number of fused-ring (bicyclic) bond motifs is 2. The first-order chi connectivity index (χ1) is 14.0. The Hall–Kier alpha value is -1.70. The van der Waals surface area contributed by atoms with Crippen molar-refractivity contribution in [2.24, 2.45) is 0 Å². The number of rotatable bonds is 3. The van der Waals surface area contributed by atoms with Gasteiger partial charge in [-0.3, -0.25) is 4.79 Å². The van der Waals surface area contributed by atoms with Gasteiger partial charge in [-0.05, 0) is 79.8 Å². The number of piperazine rings is 1. The molecule has 1 amide bonds. The summed E-state index contributed by atoms with van der Waals surface area (Å²) in [6.45, 7) is 1.61. The maximum absolute atomic E-state index is 13.1. The molecule has 2 heterocycles. The summed E-state index contributed by atoms with van der Waals surface area (Å²) >= 11 is 1.63. The Morgan fingerprint density at radius 2 is 1.55 bits per heavy atom. The molecule has 2 aromatic rings. The molecule has 0 atom stereocenters. The molecule has 3 aliphatic rings. The average Bonchev–Trinajstić information content (AvgIpc) is 3.39. The summed E-state index contributed by atoms with van der Waals surface area (Å²) in [5, 5.41) is 0. The summed E-state index contributed by atoms with van der Waals surface area (Å²) in [6.07, 6.45) is 7.68.